The first kappa shape index (κ1) is 17.2. The molecule has 1 N–H and O–H groups in total. The minimum Gasteiger partial charge on any atom is -0.322 e. The van der Waals surface area contributed by atoms with Gasteiger partial charge >= 0.3 is 0 Å². The summed E-state index contributed by atoms with van der Waals surface area (Å²) in [5.74, 6) is -0.175. The highest BCUT2D eigenvalue weighted by molar-refractivity contribution is 6.50. The highest BCUT2D eigenvalue weighted by Gasteiger charge is 2.22. The number of halogens is 4. The zero-order valence-electron chi connectivity index (χ0n) is 11.6. The van der Waals surface area contributed by atoms with Crippen LogP contribution >= 0.6 is 46.4 Å². The second kappa shape index (κ2) is 7.38. The van der Waals surface area contributed by atoms with Crippen LogP contribution in [0, 0.1) is 0 Å². The maximum Gasteiger partial charge on any atom is 0.238 e. The van der Waals surface area contributed by atoms with Gasteiger partial charge in [-0.2, -0.15) is 0 Å². The fourth-order valence-electron chi connectivity index (χ4n) is 2.44. The highest BCUT2D eigenvalue weighted by atomic mass is 35.5. The van der Waals surface area contributed by atoms with E-state index in [0.717, 1.165) is 19.4 Å². The minimum atomic E-state index is -0.175. The minimum absolute atomic E-state index is 0.175. The second-order valence-corrected chi connectivity index (χ2v) is 6.78. The average Bonchev–Trinajstić information content (AvgIpc) is 2.44. The van der Waals surface area contributed by atoms with Gasteiger partial charge in [-0.25, -0.2) is 0 Å². The molecule has 0 aliphatic carbocycles. The number of rotatable bonds is 3. The van der Waals surface area contributed by atoms with Crippen molar-refractivity contribution in [2.24, 2.45) is 0 Å². The predicted molar refractivity (Wildman–Crippen MR) is 90.0 cm³/mol. The summed E-state index contributed by atoms with van der Waals surface area (Å²) in [4.78, 5) is 14.3. The molecule has 1 aliphatic heterocycles. The molecule has 21 heavy (non-hydrogen) atoms. The Morgan fingerprint density at radius 2 is 1.86 bits per heavy atom. The first-order valence-corrected chi connectivity index (χ1v) is 8.28. The molecule has 1 aromatic rings. The summed E-state index contributed by atoms with van der Waals surface area (Å²) in [5.41, 5.74) is 0.269. The lowest BCUT2D eigenvalue weighted by Gasteiger charge is -2.32. The van der Waals surface area contributed by atoms with E-state index in [-0.39, 0.29) is 31.7 Å². The fraction of sp³-hybridized carbons (Fsp3) is 0.500. The number of hydrogen-bond donors (Lipinski definition) is 1. The number of carbonyl (C=O) groups excluding carboxylic acids is 1. The number of nitrogens with one attached hydrogen (secondary N) is 1. The van der Waals surface area contributed by atoms with Gasteiger partial charge in [-0.3, -0.25) is 9.69 Å². The van der Waals surface area contributed by atoms with Gasteiger partial charge in [0.2, 0.25) is 5.91 Å². The Labute approximate surface area is 144 Å². The van der Waals surface area contributed by atoms with Crippen LogP contribution in [0.1, 0.15) is 26.2 Å². The number of nitrogens with zero attached hydrogens (tertiary/aromatic N) is 1. The van der Waals surface area contributed by atoms with Crippen LogP contribution < -0.4 is 5.32 Å². The Hall–Kier alpha value is -0.190. The van der Waals surface area contributed by atoms with E-state index in [0.29, 0.717) is 12.6 Å². The molecule has 1 saturated heterocycles. The van der Waals surface area contributed by atoms with Crippen molar-refractivity contribution in [2.45, 2.75) is 32.2 Å². The largest absolute Gasteiger partial charge is 0.322 e. The normalized spacial score (nSPS) is 19.6. The maximum absolute atomic E-state index is 12.2. The van der Waals surface area contributed by atoms with Gasteiger partial charge in [-0.1, -0.05) is 52.8 Å². The predicted octanol–water partition coefficient (Wildman–Crippen LogP) is 5.11. The molecule has 1 aliphatic rings. The summed E-state index contributed by atoms with van der Waals surface area (Å²) in [7, 11) is 0. The van der Waals surface area contributed by atoms with Gasteiger partial charge in [-0.15, -0.1) is 0 Å². The smallest absolute Gasteiger partial charge is 0.238 e. The molecule has 0 bridgehead atoms. The quantitative estimate of drug-likeness (QED) is 0.750. The number of likely N-dealkylation sites (tertiary alicyclic amines) is 1. The lowest BCUT2D eigenvalue weighted by molar-refractivity contribution is -0.118. The number of carbonyl (C=O) groups is 1. The zero-order valence-corrected chi connectivity index (χ0v) is 14.6. The third-order valence-corrected chi connectivity index (χ3v) is 5.24. The van der Waals surface area contributed by atoms with E-state index in [2.05, 4.69) is 17.1 Å². The molecule has 3 nitrogen and oxygen atoms in total. The van der Waals surface area contributed by atoms with Gasteiger partial charge in [0.15, 0.2) is 0 Å². The molecule has 0 aromatic heterocycles. The molecule has 1 heterocycles. The third-order valence-electron chi connectivity index (χ3n) is 3.66. The molecular formula is C14H16Cl4N2O. The van der Waals surface area contributed by atoms with Crippen LogP contribution in [0.2, 0.25) is 20.1 Å². The summed E-state index contributed by atoms with van der Waals surface area (Å²) < 4.78 is 0. The number of hydrogen-bond acceptors (Lipinski definition) is 2. The monoisotopic (exact) mass is 368 g/mol. The molecule has 0 saturated carbocycles. The average molecular weight is 370 g/mol. The maximum atomic E-state index is 12.2. The molecule has 1 amide bonds. The van der Waals surface area contributed by atoms with Crippen LogP contribution in [0.15, 0.2) is 6.07 Å². The van der Waals surface area contributed by atoms with Crippen molar-refractivity contribution < 1.29 is 4.79 Å². The number of piperidine rings is 1. The lowest BCUT2D eigenvalue weighted by Crippen LogP contribution is -2.42. The van der Waals surface area contributed by atoms with Gasteiger partial charge in [0.1, 0.15) is 0 Å². The van der Waals surface area contributed by atoms with Crippen LogP contribution in [0.3, 0.4) is 0 Å². The summed E-state index contributed by atoms with van der Waals surface area (Å²) in [6, 6.07) is 1.86. The van der Waals surface area contributed by atoms with E-state index in [1.54, 1.807) is 0 Å². The van der Waals surface area contributed by atoms with Crippen LogP contribution in [0.5, 0.6) is 0 Å². The Kier molecular flexibility index (Phi) is 6.04. The van der Waals surface area contributed by atoms with E-state index in [1.165, 1.54) is 12.5 Å². The van der Waals surface area contributed by atoms with Crippen LogP contribution in [0.4, 0.5) is 5.69 Å². The van der Waals surface area contributed by atoms with Crippen molar-refractivity contribution in [3.63, 3.8) is 0 Å². The van der Waals surface area contributed by atoms with Crippen LogP contribution in [-0.2, 0) is 4.79 Å². The number of anilines is 1. The van der Waals surface area contributed by atoms with Crippen LogP contribution in [0.25, 0.3) is 0 Å². The molecule has 0 spiro atoms. The molecular weight excluding hydrogens is 354 g/mol. The van der Waals surface area contributed by atoms with Gasteiger partial charge in [0.25, 0.3) is 0 Å². The summed E-state index contributed by atoms with van der Waals surface area (Å²) in [6.07, 6.45) is 3.43. The molecule has 1 atom stereocenters. The summed E-state index contributed by atoms with van der Waals surface area (Å²) in [5, 5.41) is 3.63. The van der Waals surface area contributed by atoms with Crippen molar-refractivity contribution in [3.8, 4) is 0 Å². The lowest BCUT2D eigenvalue weighted by atomic mass is 10.0. The van der Waals surface area contributed by atoms with E-state index in [1.807, 2.05) is 0 Å². The molecule has 2 rings (SSSR count). The first-order chi connectivity index (χ1) is 9.90. The van der Waals surface area contributed by atoms with E-state index in [9.17, 15) is 4.79 Å². The van der Waals surface area contributed by atoms with Crippen molar-refractivity contribution >= 4 is 58.0 Å². The van der Waals surface area contributed by atoms with Gasteiger partial charge < -0.3 is 5.32 Å². The van der Waals surface area contributed by atoms with Crippen molar-refractivity contribution in [1.82, 2.24) is 4.90 Å². The van der Waals surface area contributed by atoms with E-state index >= 15 is 0 Å². The van der Waals surface area contributed by atoms with Gasteiger partial charge in [0.05, 0.1) is 32.3 Å². The van der Waals surface area contributed by atoms with Crippen molar-refractivity contribution in [1.29, 1.82) is 0 Å². The van der Waals surface area contributed by atoms with Crippen LogP contribution in [-0.4, -0.2) is 29.9 Å². The number of amides is 1. The summed E-state index contributed by atoms with van der Waals surface area (Å²) >= 11 is 24.1. The first-order valence-electron chi connectivity index (χ1n) is 6.77. The molecule has 7 heteroatoms. The topological polar surface area (TPSA) is 32.3 Å². The van der Waals surface area contributed by atoms with E-state index < -0.39 is 0 Å². The van der Waals surface area contributed by atoms with E-state index in [4.69, 9.17) is 46.4 Å². The molecule has 1 aromatic carbocycles. The Morgan fingerprint density at radius 1 is 1.24 bits per heavy atom. The standard InChI is InChI=1S/C14H16Cl4N2O/c1-8-4-2-3-5-20(8)7-11(21)19-14-12(17)9(15)6-10(16)13(14)18/h6,8H,2-5,7H2,1H3,(H,19,21). The second-order valence-electron chi connectivity index (χ2n) is 5.21. The highest BCUT2D eigenvalue weighted by Crippen LogP contribution is 2.41. The fourth-order valence-corrected chi connectivity index (χ4v) is 3.34. The number of benzene rings is 1. The molecule has 0 radical (unpaired) electrons. The SMILES string of the molecule is CC1CCCCN1CC(=O)Nc1c(Cl)c(Cl)cc(Cl)c1Cl. The zero-order chi connectivity index (χ0) is 15.6. The Morgan fingerprint density at radius 3 is 2.43 bits per heavy atom. The van der Waals surface area contributed by atoms with Gasteiger partial charge in [0, 0.05) is 6.04 Å². The van der Waals surface area contributed by atoms with Gasteiger partial charge in [-0.05, 0) is 32.4 Å². The molecule has 1 fully saturated rings. The Balaban J connectivity index is 2.09. The molecule has 116 valence electrons. The molecule has 1 unspecified atom stereocenters. The van der Waals surface area contributed by atoms with Crippen molar-refractivity contribution in [2.75, 3.05) is 18.4 Å². The third kappa shape index (κ3) is 4.17. The van der Waals surface area contributed by atoms with Crippen molar-refractivity contribution in [3.05, 3.63) is 26.2 Å². The summed E-state index contributed by atoms with van der Waals surface area (Å²) in [6.45, 7) is 3.35. The Bertz CT molecular complexity index is 524.